The monoisotopic (exact) mass is 530 g/mol. The quantitative estimate of drug-likeness (QED) is 0.230. The van der Waals surface area contributed by atoms with E-state index < -0.39 is 0 Å². The van der Waals surface area contributed by atoms with Crippen molar-refractivity contribution in [3.05, 3.63) is 100 Å². The lowest BCUT2D eigenvalue weighted by Crippen LogP contribution is -2.10. The smallest absolute Gasteiger partial charge is 0.248 e. The Morgan fingerprint density at radius 3 is 2.30 bits per heavy atom. The maximum atomic E-state index is 12.5. The lowest BCUT2D eigenvalue weighted by Gasteiger charge is -2.18. The summed E-state index contributed by atoms with van der Waals surface area (Å²) in [5.74, 6) is 1.36. The minimum Gasteiger partial charge on any atom is -0.457 e. The Morgan fingerprint density at radius 2 is 1.59 bits per heavy atom. The first-order valence-electron chi connectivity index (χ1n) is 11.7. The van der Waals surface area contributed by atoms with Crippen molar-refractivity contribution in [2.75, 3.05) is 5.32 Å². The van der Waals surface area contributed by atoms with Crippen LogP contribution in [0.4, 0.5) is 5.69 Å². The van der Waals surface area contributed by atoms with Crippen molar-refractivity contribution in [2.45, 2.75) is 26.2 Å². The van der Waals surface area contributed by atoms with Crippen LogP contribution < -0.4 is 5.32 Å². The highest BCUT2D eigenvalue weighted by Gasteiger charge is 2.15. The minimum absolute atomic E-state index is 0.0745. The second-order valence-electron chi connectivity index (χ2n) is 9.71. The molecule has 5 rings (SSSR count). The average molecular weight is 531 g/mol. The van der Waals surface area contributed by atoms with E-state index in [0.29, 0.717) is 44.2 Å². The minimum atomic E-state index is -0.301. The summed E-state index contributed by atoms with van der Waals surface area (Å²) in [5.41, 5.74) is 4.89. The van der Waals surface area contributed by atoms with E-state index in [9.17, 15) is 4.79 Å². The van der Waals surface area contributed by atoms with Gasteiger partial charge in [-0.05, 0) is 77.7 Å². The highest BCUT2D eigenvalue weighted by molar-refractivity contribution is 6.35. The standard InChI is InChI=1S/C30H24Cl2N2O3/c1-30(2,3)20-6-4-18(5-7-20)29-34-25-17-23(8-11-27(25)37-29)33-28(35)13-10-24-9-12-26(36-24)19-14-21(31)16-22(32)15-19/h4-17H,1-3H3,(H,33,35)/b13-10+. The summed E-state index contributed by atoms with van der Waals surface area (Å²) in [7, 11) is 0. The third-order valence-corrected chi connectivity index (χ3v) is 6.26. The average Bonchev–Trinajstić information content (AvgIpc) is 3.49. The molecule has 0 spiro atoms. The predicted molar refractivity (Wildman–Crippen MR) is 150 cm³/mol. The fourth-order valence-corrected chi connectivity index (χ4v) is 4.40. The van der Waals surface area contributed by atoms with Crippen molar-refractivity contribution in [1.29, 1.82) is 0 Å². The molecule has 7 heteroatoms. The van der Waals surface area contributed by atoms with E-state index in [4.69, 9.17) is 32.0 Å². The molecule has 0 unspecified atom stereocenters. The molecule has 0 aliphatic carbocycles. The summed E-state index contributed by atoms with van der Waals surface area (Å²) < 4.78 is 11.7. The molecule has 0 saturated heterocycles. The van der Waals surface area contributed by atoms with Crippen LogP contribution in [0, 0.1) is 0 Å². The molecular weight excluding hydrogens is 507 g/mol. The SMILES string of the molecule is CC(C)(C)c1ccc(-c2nc3cc(NC(=O)/C=C/c4ccc(-c5cc(Cl)cc(Cl)c5)o4)ccc3o2)cc1. The zero-order valence-electron chi connectivity index (χ0n) is 20.5. The number of nitrogens with zero attached hydrogens (tertiary/aromatic N) is 1. The fourth-order valence-electron chi connectivity index (χ4n) is 3.88. The van der Waals surface area contributed by atoms with Gasteiger partial charge in [0.15, 0.2) is 5.58 Å². The number of carbonyl (C=O) groups excluding carboxylic acids is 1. The number of hydrogen-bond donors (Lipinski definition) is 1. The first-order chi connectivity index (χ1) is 17.6. The molecule has 3 aromatic carbocycles. The maximum absolute atomic E-state index is 12.5. The molecule has 1 amide bonds. The predicted octanol–water partition coefficient (Wildman–Crippen LogP) is 9.01. The normalized spacial score (nSPS) is 11.9. The van der Waals surface area contributed by atoms with E-state index >= 15 is 0 Å². The van der Waals surface area contributed by atoms with Gasteiger partial charge in [-0.25, -0.2) is 4.98 Å². The molecule has 37 heavy (non-hydrogen) atoms. The van der Waals surface area contributed by atoms with E-state index in [2.05, 4.69) is 43.2 Å². The highest BCUT2D eigenvalue weighted by atomic mass is 35.5. The van der Waals surface area contributed by atoms with Crippen molar-refractivity contribution in [3.63, 3.8) is 0 Å². The summed E-state index contributed by atoms with van der Waals surface area (Å²) in [6.07, 6.45) is 3.00. The van der Waals surface area contributed by atoms with E-state index in [0.717, 1.165) is 11.1 Å². The van der Waals surface area contributed by atoms with Gasteiger partial charge in [0.25, 0.3) is 0 Å². The summed E-state index contributed by atoms with van der Waals surface area (Å²) in [6.45, 7) is 6.53. The first-order valence-corrected chi connectivity index (χ1v) is 12.5. The Hall–Kier alpha value is -3.80. The van der Waals surface area contributed by atoms with E-state index in [1.807, 2.05) is 12.1 Å². The van der Waals surface area contributed by atoms with Gasteiger partial charge in [0, 0.05) is 32.9 Å². The van der Waals surface area contributed by atoms with Gasteiger partial charge in [0.1, 0.15) is 17.0 Å². The van der Waals surface area contributed by atoms with Crippen LogP contribution in [-0.2, 0) is 10.2 Å². The second kappa shape index (κ2) is 9.92. The molecule has 0 saturated carbocycles. The molecule has 2 heterocycles. The van der Waals surface area contributed by atoms with Crippen LogP contribution in [0.5, 0.6) is 0 Å². The van der Waals surface area contributed by atoms with Crippen molar-refractivity contribution >= 4 is 52.0 Å². The van der Waals surface area contributed by atoms with E-state index in [-0.39, 0.29) is 11.3 Å². The fraction of sp³-hybridized carbons (Fsp3) is 0.133. The largest absolute Gasteiger partial charge is 0.457 e. The number of nitrogens with one attached hydrogen (secondary N) is 1. The maximum Gasteiger partial charge on any atom is 0.248 e. The Kier molecular flexibility index (Phi) is 6.67. The lowest BCUT2D eigenvalue weighted by atomic mass is 9.87. The molecular formula is C30H24Cl2N2O3. The molecule has 0 radical (unpaired) electrons. The number of carbonyl (C=O) groups is 1. The molecule has 5 nitrogen and oxygen atoms in total. The Morgan fingerprint density at radius 1 is 0.865 bits per heavy atom. The number of amides is 1. The lowest BCUT2D eigenvalue weighted by molar-refractivity contribution is -0.111. The molecule has 0 aliphatic heterocycles. The van der Waals surface area contributed by atoms with Gasteiger partial charge in [-0.1, -0.05) is 56.1 Å². The number of oxazole rings is 1. The van der Waals surface area contributed by atoms with Crippen molar-refractivity contribution in [1.82, 2.24) is 4.98 Å². The second-order valence-corrected chi connectivity index (χ2v) is 10.6. The van der Waals surface area contributed by atoms with Gasteiger partial charge in [0.2, 0.25) is 11.8 Å². The topological polar surface area (TPSA) is 68.3 Å². The highest BCUT2D eigenvalue weighted by Crippen LogP contribution is 2.30. The number of fused-ring (bicyclic) bond motifs is 1. The molecule has 186 valence electrons. The zero-order chi connectivity index (χ0) is 26.2. The Labute approximate surface area is 224 Å². The van der Waals surface area contributed by atoms with Gasteiger partial charge in [0.05, 0.1) is 0 Å². The molecule has 0 fully saturated rings. The number of hydrogen-bond acceptors (Lipinski definition) is 4. The summed E-state index contributed by atoms with van der Waals surface area (Å²) in [4.78, 5) is 17.1. The van der Waals surface area contributed by atoms with Crippen molar-refractivity contribution < 1.29 is 13.6 Å². The summed E-state index contributed by atoms with van der Waals surface area (Å²) in [5, 5.41) is 3.88. The van der Waals surface area contributed by atoms with Crippen LogP contribution in [0.1, 0.15) is 32.1 Å². The number of furan rings is 1. The number of halogens is 2. The molecule has 5 aromatic rings. The van der Waals surface area contributed by atoms with Crippen LogP contribution in [0.25, 0.3) is 40.0 Å². The summed E-state index contributed by atoms with van der Waals surface area (Å²) in [6, 6.07) is 22.3. The number of anilines is 1. The van der Waals surface area contributed by atoms with Crippen molar-refractivity contribution in [2.24, 2.45) is 0 Å². The van der Waals surface area contributed by atoms with Crippen molar-refractivity contribution in [3.8, 4) is 22.8 Å². The Balaban J connectivity index is 1.27. The van der Waals surface area contributed by atoms with Gasteiger partial charge in [-0.2, -0.15) is 0 Å². The van der Waals surface area contributed by atoms with Gasteiger partial charge in [-0.3, -0.25) is 4.79 Å². The van der Waals surface area contributed by atoms with E-state index in [1.54, 1.807) is 54.6 Å². The first kappa shape index (κ1) is 24.9. The van der Waals surface area contributed by atoms with Crippen LogP contribution >= 0.6 is 23.2 Å². The summed E-state index contributed by atoms with van der Waals surface area (Å²) >= 11 is 12.1. The third kappa shape index (κ3) is 5.79. The number of rotatable bonds is 5. The third-order valence-electron chi connectivity index (χ3n) is 5.83. The molecule has 2 aromatic heterocycles. The Bertz CT molecular complexity index is 1600. The molecule has 0 bridgehead atoms. The van der Waals surface area contributed by atoms with Crippen LogP contribution in [0.3, 0.4) is 0 Å². The van der Waals surface area contributed by atoms with Crippen LogP contribution in [-0.4, -0.2) is 10.9 Å². The zero-order valence-corrected chi connectivity index (χ0v) is 22.0. The van der Waals surface area contributed by atoms with E-state index in [1.165, 1.54) is 11.6 Å². The van der Waals surface area contributed by atoms with Crippen LogP contribution in [0.2, 0.25) is 10.0 Å². The van der Waals surface area contributed by atoms with Gasteiger partial charge in [-0.15, -0.1) is 0 Å². The molecule has 0 atom stereocenters. The molecule has 0 aliphatic rings. The molecule has 1 N–H and O–H groups in total. The number of aromatic nitrogens is 1. The number of benzene rings is 3. The van der Waals surface area contributed by atoms with Gasteiger partial charge < -0.3 is 14.2 Å². The van der Waals surface area contributed by atoms with Crippen LogP contribution in [0.15, 0.2) is 87.7 Å². The van der Waals surface area contributed by atoms with Gasteiger partial charge >= 0.3 is 0 Å².